The predicted octanol–water partition coefficient (Wildman–Crippen LogP) is 3.35. The quantitative estimate of drug-likeness (QED) is 0.685. The normalized spacial score (nSPS) is 11.3. The van der Waals surface area contributed by atoms with Crippen LogP contribution < -0.4 is 10.6 Å². The van der Waals surface area contributed by atoms with Gasteiger partial charge >= 0.3 is 0 Å². The van der Waals surface area contributed by atoms with Crippen LogP contribution in [0.2, 0.25) is 10.0 Å². The Morgan fingerprint density at radius 3 is 2.21 bits per heavy atom. The average molecular weight is 444 g/mol. The summed E-state index contributed by atoms with van der Waals surface area (Å²) < 4.78 is 25.2. The molecule has 0 saturated carbocycles. The number of nitrogens with one attached hydrogen (secondary N) is 2. The van der Waals surface area contributed by atoms with Gasteiger partial charge in [-0.3, -0.25) is 9.59 Å². The summed E-state index contributed by atoms with van der Waals surface area (Å²) in [6, 6.07) is 11.3. The molecule has 7 nitrogen and oxygen atoms in total. The van der Waals surface area contributed by atoms with Gasteiger partial charge in [0.25, 0.3) is 0 Å². The second kappa shape index (κ2) is 9.38. The number of hydrogen-bond donors (Lipinski definition) is 2. The fourth-order valence-electron chi connectivity index (χ4n) is 2.37. The summed E-state index contributed by atoms with van der Waals surface area (Å²) in [5.74, 6) is -0.765. The first kappa shape index (κ1) is 22.2. The van der Waals surface area contributed by atoms with E-state index in [9.17, 15) is 18.0 Å². The van der Waals surface area contributed by atoms with E-state index in [1.165, 1.54) is 6.92 Å². The monoisotopic (exact) mass is 443 g/mol. The Kier molecular flexibility index (Phi) is 7.42. The van der Waals surface area contributed by atoms with E-state index in [-0.39, 0.29) is 19.0 Å². The lowest BCUT2D eigenvalue weighted by atomic mass is 10.2. The Labute approximate surface area is 173 Å². The highest BCUT2D eigenvalue weighted by Crippen LogP contribution is 2.23. The molecule has 150 valence electrons. The van der Waals surface area contributed by atoms with Crippen LogP contribution in [0.4, 0.5) is 11.4 Å². The zero-order chi connectivity index (χ0) is 20.9. The van der Waals surface area contributed by atoms with E-state index in [4.69, 9.17) is 23.2 Å². The Hall–Kier alpha value is -2.13. The van der Waals surface area contributed by atoms with Crippen LogP contribution in [0, 0.1) is 0 Å². The molecule has 2 aromatic rings. The molecule has 2 amide bonds. The van der Waals surface area contributed by atoms with E-state index in [0.717, 1.165) is 10.6 Å². The summed E-state index contributed by atoms with van der Waals surface area (Å²) in [5.41, 5.74) is 1.54. The number of rotatable bonds is 7. The molecule has 28 heavy (non-hydrogen) atoms. The van der Waals surface area contributed by atoms with Crippen molar-refractivity contribution in [1.82, 2.24) is 4.31 Å². The van der Waals surface area contributed by atoms with Crippen molar-refractivity contribution in [2.24, 2.45) is 0 Å². The van der Waals surface area contributed by atoms with Gasteiger partial charge in [0.2, 0.25) is 21.8 Å². The van der Waals surface area contributed by atoms with Crippen LogP contribution in [-0.2, 0) is 26.2 Å². The summed E-state index contributed by atoms with van der Waals surface area (Å²) in [4.78, 5) is 23.5. The maximum Gasteiger partial charge on any atom is 0.239 e. The van der Waals surface area contributed by atoms with Crippen molar-refractivity contribution in [3.63, 3.8) is 0 Å². The second-order valence-corrected chi connectivity index (χ2v) is 8.89. The van der Waals surface area contributed by atoms with E-state index in [0.29, 0.717) is 27.0 Å². The van der Waals surface area contributed by atoms with E-state index >= 15 is 0 Å². The van der Waals surface area contributed by atoms with Gasteiger partial charge in [0.05, 0.1) is 22.8 Å². The Morgan fingerprint density at radius 2 is 1.64 bits per heavy atom. The third-order valence-corrected chi connectivity index (χ3v) is 5.53. The molecule has 0 radical (unpaired) electrons. The summed E-state index contributed by atoms with van der Waals surface area (Å²) >= 11 is 11.8. The summed E-state index contributed by atoms with van der Waals surface area (Å²) in [6.45, 7) is 0.955. The van der Waals surface area contributed by atoms with Crippen LogP contribution in [0.1, 0.15) is 12.5 Å². The number of sulfonamides is 1. The molecule has 0 atom stereocenters. The lowest BCUT2D eigenvalue weighted by Crippen LogP contribution is -2.36. The summed E-state index contributed by atoms with van der Waals surface area (Å²) in [5, 5.41) is 5.88. The first-order chi connectivity index (χ1) is 13.0. The standard InChI is InChI=1S/C18H19Cl2N3O4S/c1-12(24)21-14-4-3-5-15(9-14)22-18(25)11-23(28(2,26)27)10-13-6-7-16(19)17(20)8-13/h3-9H,10-11H2,1-2H3,(H,21,24)(H,22,25). The number of hydrogen-bond acceptors (Lipinski definition) is 4. The van der Waals surface area contributed by atoms with Gasteiger partial charge in [-0.05, 0) is 35.9 Å². The maximum absolute atomic E-state index is 12.4. The molecule has 10 heteroatoms. The van der Waals surface area contributed by atoms with Crippen molar-refractivity contribution in [3.05, 3.63) is 58.1 Å². The van der Waals surface area contributed by atoms with Crippen molar-refractivity contribution in [2.75, 3.05) is 23.4 Å². The van der Waals surface area contributed by atoms with Crippen molar-refractivity contribution in [2.45, 2.75) is 13.5 Å². The van der Waals surface area contributed by atoms with E-state index < -0.39 is 15.9 Å². The lowest BCUT2D eigenvalue weighted by Gasteiger charge is -2.20. The fourth-order valence-corrected chi connectivity index (χ4v) is 3.43. The van der Waals surface area contributed by atoms with Crippen LogP contribution in [0.3, 0.4) is 0 Å². The van der Waals surface area contributed by atoms with Crippen molar-refractivity contribution >= 4 is 56.4 Å². The van der Waals surface area contributed by atoms with Crippen LogP contribution in [0.15, 0.2) is 42.5 Å². The molecule has 0 aromatic heterocycles. The molecule has 0 saturated heterocycles. The van der Waals surface area contributed by atoms with Gasteiger partial charge in [-0.1, -0.05) is 35.3 Å². The zero-order valence-corrected chi connectivity index (χ0v) is 17.5. The summed E-state index contributed by atoms with van der Waals surface area (Å²) in [7, 11) is -3.66. The fraction of sp³-hybridized carbons (Fsp3) is 0.222. The van der Waals surface area contributed by atoms with Gasteiger partial charge in [0.15, 0.2) is 0 Å². The molecule has 2 rings (SSSR count). The SMILES string of the molecule is CC(=O)Nc1cccc(NC(=O)CN(Cc2ccc(Cl)c(Cl)c2)S(C)(=O)=O)c1. The van der Waals surface area contributed by atoms with Crippen molar-refractivity contribution < 1.29 is 18.0 Å². The average Bonchev–Trinajstić information content (AvgIpc) is 2.56. The number of amides is 2. The Morgan fingerprint density at radius 1 is 1.00 bits per heavy atom. The van der Waals surface area contributed by atoms with Gasteiger partial charge in [0.1, 0.15) is 0 Å². The molecular weight excluding hydrogens is 425 g/mol. The minimum absolute atomic E-state index is 0.0327. The van der Waals surface area contributed by atoms with Crippen LogP contribution in [0.5, 0.6) is 0 Å². The minimum Gasteiger partial charge on any atom is -0.326 e. The molecule has 0 aliphatic carbocycles. The number of benzene rings is 2. The van der Waals surface area contributed by atoms with Crippen LogP contribution in [-0.4, -0.2) is 37.3 Å². The molecule has 0 unspecified atom stereocenters. The Balaban J connectivity index is 2.11. The molecule has 2 N–H and O–H groups in total. The molecule has 0 fully saturated rings. The third kappa shape index (κ3) is 6.79. The van der Waals surface area contributed by atoms with E-state index in [2.05, 4.69) is 10.6 Å². The number of carbonyl (C=O) groups excluding carboxylic acids is 2. The predicted molar refractivity (Wildman–Crippen MR) is 111 cm³/mol. The van der Waals surface area contributed by atoms with Gasteiger partial charge in [-0.25, -0.2) is 8.42 Å². The Bertz CT molecular complexity index is 996. The molecular formula is C18H19Cl2N3O4S. The maximum atomic E-state index is 12.4. The van der Waals surface area contributed by atoms with Crippen molar-refractivity contribution in [3.8, 4) is 0 Å². The van der Waals surface area contributed by atoms with Gasteiger partial charge < -0.3 is 10.6 Å². The second-order valence-electron chi connectivity index (χ2n) is 6.09. The van der Waals surface area contributed by atoms with Gasteiger partial charge in [-0.2, -0.15) is 4.31 Å². The third-order valence-electron chi connectivity index (χ3n) is 3.60. The minimum atomic E-state index is -3.66. The molecule has 2 aromatic carbocycles. The highest BCUT2D eigenvalue weighted by Gasteiger charge is 2.21. The van der Waals surface area contributed by atoms with Gasteiger partial charge in [-0.15, -0.1) is 0 Å². The number of nitrogens with zero attached hydrogens (tertiary/aromatic N) is 1. The first-order valence-corrected chi connectivity index (χ1v) is 10.7. The van der Waals surface area contributed by atoms with E-state index in [1.54, 1.807) is 42.5 Å². The van der Waals surface area contributed by atoms with Gasteiger partial charge in [0, 0.05) is 24.8 Å². The molecule has 0 heterocycles. The summed E-state index contributed by atoms with van der Waals surface area (Å²) in [6.07, 6.45) is 1.02. The first-order valence-electron chi connectivity index (χ1n) is 8.11. The van der Waals surface area contributed by atoms with Crippen LogP contribution in [0.25, 0.3) is 0 Å². The van der Waals surface area contributed by atoms with E-state index in [1.807, 2.05) is 0 Å². The topological polar surface area (TPSA) is 95.6 Å². The molecule has 0 aliphatic heterocycles. The number of halogens is 2. The van der Waals surface area contributed by atoms with Crippen LogP contribution >= 0.6 is 23.2 Å². The molecule has 0 spiro atoms. The lowest BCUT2D eigenvalue weighted by molar-refractivity contribution is -0.116. The largest absolute Gasteiger partial charge is 0.326 e. The number of anilines is 2. The molecule has 0 aliphatic rings. The number of carbonyl (C=O) groups is 2. The molecule has 0 bridgehead atoms. The smallest absolute Gasteiger partial charge is 0.239 e. The highest BCUT2D eigenvalue weighted by atomic mass is 35.5. The highest BCUT2D eigenvalue weighted by molar-refractivity contribution is 7.88. The van der Waals surface area contributed by atoms with Crippen molar-refractivity contribution in [1.29, 1.82) is 0 Å². The zero-order valence-electron chi connectivity index (χ0n) is 15.2.